The number of anilines is 3. The summed E-state index contributed by atoms with van der Waals surface area (Å²) in [5.74, 6) is 1.15. The number of nitrogens with zero attached hydrogens (tertiary/aromatic N) is 2. The monoisotopic (exact) mass is 464 g/mol. The van der Waals surface area contributed by atoms with Crippen LogP contribution in [-0.4, -0.2) is 15.9 Å². The van der Waals surface area contributed by atoms with E-state index in [0.717, 1.165) is 27.6 Å². The first-order chi connectivity index (χ1) is 16.6. The number of benzene rings is 3. The quantitative estimate of drug-likeness (QED) is 0.305. The van der Waals surface area contributed by atoms with E-state index in [4.69, 9.17) is 4.74 Å². The molecule has 0 bridgehead atoms. The molecule has 0 spiro atoms. The Morgan fingerprint density at radius 3 is 2.41 bits per heavy atom. The lowest BCUT2D eigenvalue weighted by atomic mass is 10.2. The predicted molar refractivity (Wildman–Crippen MR) is 140 cm³/mol. The van der Waals surface area contributed by atoms with E-state index in [1.165, 1.54) is 0 Å². The molecule has 0 saturated heterocycles. The minimum absolute atomic E-state index is 0.199. The van der Waals surface area contributed by atoms with Crippen LogP contribution < -0.4 is 20.7 Å². The maximum atomic E-state index is 12.8. The van der Waals surface area contributed by atoms with Crippen LogP contribution in [0.25, 0.3) is 10.9 Å². The van der Waals surface area contributed by atoms with Gasteiger partial charge in [-0.05, 0) is 78.1 Å². The van der Waals surface area contributed by atoms with E-state index in [1.807, 2.05) is 60.7 Å². The van der Waals surface area contributed by atoms with Crippen molar-refractivity contribution in [1.29, 1.82) is 0 Å². The lowest BCUT2D eigenvalue weighted by Gasteiger charge is -2.11. The number of ether oxygens (including phenoxy) is 1. The molecule has 0 saturated carbocycles. The molecule has 5 rings (SSSR count). The van der Waals surface area contributed by atoms with Crippen LogP contribution in [0.4, 0.5) is 17.1 Å². The standard InChI is InChI=1S/C27H21N4O2P/c32-27(31-21-3-1-2-20(16-21)30-19-10-13-28-14-11-19)18-4-6-22(7-5-18)33-26-12-15-29-25-9-8-23(34)17-24(25)26/h1-17H,34H2,(H,28,30)(H,31,32). The Bertz CT molecular complexity index is 1460. The van der Waals surface area contributed by atoms with Crippen molar-refractivity contribution in [2.75, 3.05) is 10.6 Å². The lowest BCUT2D eigenvalue weighted by molar-refractivity contribution is 0.102. The SMILES string of the molecule is O=C(Nc1cccc(Nc2ccncc2)c1)c1ccc(Oc2ccnc3ccc(P)cc23)cc1. The molecule has 34 heavy (non-hydrogen) atoms. The number of rotatable bonds is 6. The fourth-order valence-corrected chi connectivity index (χ4v) is 3.77. The second kappa shape index (κ2) is 9.69. The lowest BCUT2D eigenvalue weighted by Crippen LogP contribution is -2.11. The molecule has 0 aliphatic carbocycles. The minimum atomic E-state index is -0.199. The van der Waals surface area contributed by atoms with E-state index in [-0.39, 0.29) is 5.91 Å². The Labute approximate surface area is 199 Å². The third-order valence-electron chi connectivity index (χ3n) is 5.16. The molecule has 2 aromatic heterocycles. The van der Waals surface area contributed by atoms with Crippen molar-refractivity contribution in [3.63, 3.8) is 0 Å². The Balaban J connectivity index is 1.27. The van der Waals surface area contributed by atoms with Gasteiger partial charge in [-0.2, -0.15) is 0 Å². The van der Waals surface area contributed by atoms with Gasteiger partial charge in [0.2, 0.25) is 0 Å². The summed E-state index contributed by atoms with van der Waals surface area (Å²) in [5, 5.41) is 8.21. The molecule has 1 unspecified atom stereocenters. The maximum Gasteiger partial charge on any atom is 0.255 e. The average molecular weight is 464 g/mol. The van der Waals surface area contributed by atoms with Crippen molar-refractivity contribution in [2.24, 2.45) is 0 Å². The maximum absolute atomic E-state index is 12.8. The summed E-state index contributed by atoms with van der Waals surface area (Å²) in [6, 6.07) is 26.2. The molecular weight excluding hydrogens is 443 g/mol. The van der Waals surface area contributed by atoms with Gasteiger partial charge in [0.1, 0.15) is 11.5 Å². The van der Waals surface area contributed by atoms with Crippen molar-refractivity contribution in [3.8, 4) is 11.5 Å². The number of carbonyl (C=O) groups excluding carboxylic acids is 1. The highest BCUT2D eigenvalue weighted by molar-refractivity contribution is 7.27. The molecule has 0 radical (unpaired) electrons. The summed E-state index contributed by atoms with van der Waals surface area (Å²) in [6.07, 6.45) is 5.16. The van der Waals surface area contributed by atoms with Crippen molar-refractivity contribution < 1.29 is 9.53 Å². The van der Waals surface area contributed by atoms with Crippen LogP contribution in [0, 0.1) is 0 Å². The van der Waals surface area contributed by atoms with Gasteiger partial charge in [-0.15, -0.1) is 9.24 Å². The summed E-state index contributed by atoms with van der Waals surface area (Å²) in [4.78, 5) is 21.2. The Kier molecular flexibility index (Phi) is 6.15. The number of hydrogen-bond donors (Lipinski definition) is 2. The summed E-state index contributed by atoms with van der Waals surface area (Å²) in [6.45, 7) is 0. The van der Waals surface area contributed by atoms with Crippen LogP contribution in [0.1, 0.15) is 10.4 Å². The van der Waals surface area contributed by atoms with Crippen LogP contribution in [0.2, 0.25) is 0 Å². The molecule has 166 valence electrons. The summed E-state index contributed by atoms with van der Waals surface area (Å²) in [5.41, 5.74) is 3.88. The van der Waals surface area contributed by atoms with Crippen LogP contribution >= 0.6 is 9.24 Å². The van der Waals surface area contributed by atoms with Crippen LogP contribution in [0.15, 0.2) is 104 Å². The van der Waals surface area contributed by atoms with E-state index < -0.39 is 0 Å². The molecule has 1 amide bonds. The predicted octanol–water partition coefficient (Wildman–Crippen LogP) is 5.92. The van der Waals surface area contributed by atoms with E-state index in [9.17, 15) is 4.79 Å². The molecule has 7 heteroatoms. The highest BCUT2D eigenvalue weighted by Gasteiger charge is 2.09. The van der Waals surface area contributed by atoms with Gasteiger partial charge in [-0.3, -0.25) is 14.8 Å². The van der Waals surface area contributed by atoms with Crippen LogP contribution in [0.5, 0.6) is 11.5 Å². The molecule has 0 aliphatic heterocycles. The third kappa shape index (κ3) is 5.03. The average Bonchev–Trinajstić information content (AvgIpc) is 2.86. The Hall–Kier alpha value is -4.28. The molecule has 0 aliphatic rings. The fraction of sp³-hybridized carbons (Fsp3) is 0. The van der Waals surface area contributed by atoms with Gasteiger partial charge < -0.3 is 15.4 Å². The summed E-state index contributed by atoms with van der Waals surface area (Å²) >= 11 is 0. The van der Waals surface area contributed by atoms with E-state index >= 15 is 0 Å². The van der Waals surface area contributed by atoms with Crippen molar-refractivity contribution >= 4 is 48.4 Å². The molecule has 0 fully saturated rings. The van der Waals surface area contributed by atoms with Gasteiger partial charge >= 0.3 is 0 Å². The van der Waals surface area contributed by atoms with Crippen molar-refractivity contribution in [2.45, 2.75) is 0 Å². The first-order valence-electron chi connectivity index (χ1n) is 10.6. The first kappa shape index (κ1) is 21.6. The molecule has 6 nitrogen and oxygen atoms in total. The zero-order valence-corrected chi connectivity index (χ0v) is 19.3. The van der Waals surface area contributed by atoms with Gasteiger partial charge in [0.25, 0.3) is 5.91 Å². The smallest absolute Gasteiger partial charge is 0.255 e. The van der Waals surface area contributed by atoms with Gasteiger partial charge in [-0.25, -0.2) is 0 Å². The van der Waals surface area contributed by atoms with Gasteiger partial charge in [0.05, 0.1) is 5.52 Å². The van der Waals surface area contributed by atoms with E-state index in [0.29, 0.717) is 22.7 Å². The van der Waals surface area contributed by atoms with Gasteiger partial charge in [0, 0.05) is 46.6 Å². The van der Waals surface area contributed by atoms with Crippen molar-refractivity contribution in [1.82, 2.24) is 9.97 Å². The molecule has 5 aromatic rings. The second-order valence-corrected chi connectivity index (χ2v) is 8.27. The van der Waals surface area contributed by atoms with Crippen LogP contribution in [0.3, 0.4) is 0 Å². The number of amides is 1. The Morgan fingerprint density at radius 2 is 1.59 bits per heavy atom. The van der Waals surface area contributed by atoms with Gasteiger partial charge in [-0.1, -0.05) is 12.1 Å². The molecule has 2 heterocycles. The normalized spacial score (nSPS) is 10.6. The topological polar surface area (TPSA) is 76.1 Å². The van der Waals surface area contributed by atoms with Gasteiger partial charge in [0.15, 0.2) is 0 Å². The second-order valence-electron chi connectivity index (χ2n) is 7.61. The zero-order chi connectivity index (χ0) is 23.3. The van der Waals surface area contributed by atoms with E-state index in [2.05, 4.69) is 29.8 Å². The first-order valence-corrected chi connectivity index (χ1v) is 11.2. The molecular formula is C27H21N4O2P. The highest BCUT2D eigenvalue weighted by atomic mass is 31.0. The summed E-state index contributed by atoms with van der Waals surface area (Å²) < 4.78 is 6.08. The number of pyridine rings is 2. The molecule has 1 atom stereocenters. The highest BCUT2D eigenvalue weighted by Crippen LogP contribution is 2.29. The van der Waals surface area contributed by atoms with Crippen LogP contribution in [-0.2, 0) is 0 Å². The number of fused-ring (bicyclic) bond motifs is 1. The van der Waals surface area contributed by atoms with E-state index in [1.54, 1.807) is 42.9 Å². The Morgan fingerprint density at radius 1 is 0.794 bits per heavy atom. The third-order valence-corrected chi connectivity index (χ3v) is 5.52. The zero-order valence-electron chi connectivity index (χ0n) is 18.1. The number of carbonyl (C=O) groups is 1. The summed E-state index contributed by atoms with van der Waals surface area (Å²) in [7, 11) is 2.68. The number of nitrogens with one attached hydrogen (secondary N) is 2. The number of hydrogen-bond acceptors (Lipinski definition) is 5. The fourth-order valence-electron chi connectivity index (χ4n) is 3.51. The molecule has 2 N–H and O–H groups in total. The number of aromatic nitrogens is 2. The largest absolute Gasteiger partial charge is 0.457 e. The molecule has 3 aromatic carbocycles. The minimum Gasteiger partial charge on any atom is -0.457 e. The van der Waals surface area contributed by atoms with Crippen molar-refractivity contribution in [3.05, 3.63) is 109 Å².